The van der Waals surface area contributed by atoms with Crippen LogP contribution in [-0.2, 0) is 4.79 Å². The van der Waals surface area contributed by atoms with Crippen LogP contribution in [0.1, 0.15) is 11.1 Å². The van der Waals surface area contributed by atoms with E-state index in [-0.39, 0.29) is 5.91 Å². The van der Waals surface area contributed by atoms with E-state index in [1.807, 2.05) is 19.1 Å². The number of methoxy groups -OCH3 is 1. The molecule has 2 aromatic rings. The van der Waals surface area contributed by atoms with Crippen molar-refractivity contribution >= 4 is 29.3 Å². The predicted molar refractivity (Wildman–Crippen MR) is 118 cm³/mol. The lowest BCUT2D eigenvalue weighted by atomic mass is 10.2. The van der Waals surface area contributed by atoms with Gasteiger partial charge in [-0.05, 0) is 30.2 Å². The Morgan fingerprint density at radius 1 is 1.14 bits per heavy atom. The number of aryl methyl sites for hydroxylation is 1. The molecule has 1 amide bonds. The Bertz CT molecular complexity index is 847. The summed E-state index contributed by atoms with van der Waals surface area (Å²) in [7, 11) is 1.58. The Morgan fingerprint density at radius 3 is 2.52 bits per heavy atom. The lowest BCUT2D eigenvalue weighted by Crippen LogP contribution is -3.28. The number of carbonyl (C=O) groups is 1. The fourth-order valence-electron chi connectivity index (χ4n) is 3.62. The minimum Gasteiger partial charge on any atom is -0.495 e. The summed E-state index contributed by atoms with van der Waals surface area (Å²) in [6, 6.07) is 14.0. The highest BCUT2D eigenvalue weighted by Gasteiger charge is 2.24. The van der Waals surface area contributed by atoms with Crippen molar-refractivity contribution in [2.45, 2.75) is 6.92 Å². The lowest BCUT2D eigenvalue weighted by Gasteiger charge is -2.28. The van der Waals surface area contributed by atoms with Crippen LogP contribution in [-0.4, -0.2) is 52.3 Å². The number of ether oxygens (including phenoxy) is 1. The van der Waals surface area contributed by atoms with Crippen LogP contribution in [0.2, 0.25) is 5.02 Å². The number of nitrogens with one attached hydrogen (secondary N) is 3. The van der Waals surface area contributed by atoms with Crippen LogP contribution < -0.4 is 19.9 Å². The van der Waals surface area contributed by atoms with Gasteiger partial charge >= 0.3 is 0 Å². The molecule has 5 nitrogen and oxygen atoms in total. The third-order valence-electron chi connectivity index (χ3n) is 5.35. The van der Waals surface area contributed by atoms with E-state index in [1.165, 1.54) is 10.5 Å². The van der Waals surface area contributed by atoms with Gasteiger partial charge in [0.15, 0.2) is 6.54 Å². The summed E-state index contributed by atoms with van der Waals surface area (Å²) >= 11 is 6.14. The van der Waals surface area contributed by atoms with Gasteiger partial charge in [-0.3, -0.25) is 4.79 Å². The van der Waals surface area contributed by atoms with E-state index in [9.17, 15) is 4.79 Å². The van der Waals surface area contributed by atoms with E-state index in [2.05, 4.69) is 41.7 Å². The molecule has 1 saturated heterocycles. The number of quaternary nitrogens is 2. The third kappa shape index (κ3) is 6.32. The van der Waals surface area contributed by atoms with Gasteiger partial charge in [-0.15, -0.1) is 0 Å². The summed E-state index contributed by atoms with van der Waals surface area (Å²) in [6.07, 6.45) is 4.43. The molecule has 0 atom stereocenters. The van der Waals surface area contributed by atoms with Crippen molar-refractivity contribution in [3.05, 3.63) is 64.7 Å². The van der Waals surface area contributed by atoms with E-state index in [4.69, 9.17) is 16.3 Å². The average molecular weight is 416 g/mol. The summed E-state index contributed by atoms with van der Waals surface area (Å²) in [6.45, 7) is 7.55. The second-order valence-corrected chi connectivity index (χ2v) is 7.95. The van der Waals surface area contributed by atoms with Crippen LogP contribution in [0.4, 0.5) is 5.69 Å². The van der Waals surface area contributed by atoms with Crippen molar-refractivity contribution in [1.29, 1.82) is 0 Å². The fourth-order valence-corrected chi connectivity index (χ4v) is 3.77. The second-order valence-electron chi connectivity index (χ2n) is 7.54. The second kappa shape index (κ2) is 10.4. The van der Waals surface area contributed by atoms with Gasteiger partial charge in [-0.1, -0.05) is 48.0 Å². The Balaban J connectivity index is 1.44. The van der Waals surface area contributed by atoms with Crippen molar-refractivity contribution in [2.24, 2.45) is 0 Å². The molecule has 1 aliphatic rings. The van der Waals surface area contributed by atoms with Crippen LogP contribution in [0.3, 0.4) is 0 Å². The van der Waals surface area contributed by atoms with Crippen molar-refractivity contribution in [3.63, 3.8) is 0 Å². The number of benzene rings is 2. The molecule has 0 saturated carbocycles. The fraction of sp³-hybridized carbons (Fsp3) is 0.348. The van der Waals surface area contributed by atoms with Gasteiger partial charge in [0.2, 0.25) is 0 Å². The first kappa shape index (κ1) is 21.4. The molecule has 3 N–H and O–H groups in total. The monoisotopic (exact) mass is 415 g/mol. The largest absolute Gasteiger partial charge is 0.495 e. The number of rotatable bonds is 7. The molecule has 6 heteroatoms. The van der Waals surface area contributed by atoms with Crippen LogP contribution in [0.25, 0.3) is 6.08 Å². The van der Waals surface area contributed by atoms with E-state index in [1.54, 1.807) is 18.1 Å². The van der Waals surface area contributed by atoms with E-state index in [0.29, 0.717) is 23.0 Å². The summed E-state index contributed by atoms with van der Waals surface area (Å²) < 4.78 is 5.34. The zero-order chi connectivity index (χ0) is 20.6. The smallest absolute Gasteiger partial charge is 0.279 e. The highest BCUT2D eigenvalue weighted by molar-refractivity contribution is 6.31. The number of hydrogen-bond donors (Lipinski definition) is 3. The molecule has 1 fully saturated rings. The predicted octanol–water partition coefficient (Wildman–Crippen LogP) is 1.09. The summed E-state index contributed by atoms with van der Waals surface area (Å²) in [5, 5.41) is 3.61. The molecular formula is C23H30ClN3O2+2. The number of anilines is 1. The van der Waals surface area contributed by atoms with Crippen LogP contribution >= 0.6 is 11.6 Å². The molecule has 0 bridgehead atoms. The molecule has 0 radical (unpaired) electrons. The zero-order valence-corrected chi connectivity index (χ0v) is 17.9. The summed E-state index contributed by atoms with van der Waals surface area (Å²) in [4.78, 5) is 15.4. The first-order chi connectivity index (χ1) is 14.0. The zero-order valence-electron chi connectivity index (χ0n) is 17.1. The molecular weight excluding hydrogens is 386 g/mol. The normalized spacial score (nSPS) is 19.3. The maximum Gasteiger partial charge on any atom is 0.279 e. The number of carbonyl (C=O) groups excluding carboxylic acids is 1. The van der Waals surface area contributed by atoms with E-state index in [0.717, 1.165) is 38.3 Å². The molecule has 0 aromatic heterocycles. The minimum atomic E-state index is 0.00689. The average Bonchev–Trinajstić information content (AvgIpc) is 2.72. The number of halogens is 1. The van der Waals surface area contributed by atoms with Crippen molar-refractivity contribution in [1.82, 2.24) is 0 Å². The summed E-state index contributed by atoms with van der Waals surface area (Å²) in [5.41, 5.74) is 2.82. The number of amides is 1. The standard InChI is InChI=1S/C23H28ClN3O2/c1-18-15-21(22(29-2)16-20(18)24)25-23(28)17-27-13-11-26(12-14-27)10-6-9-19-7-4-3-5-8-19/h3-9,15-16H,10-14,17H2,1-2H3,(H,25,28)/p+2/b9-6+. The number of piperazine rings is 1. The molecule has 0 unspecified atom stereocenters. The van der Waals surface area contributed by atoms with E-state index < -0.39 is 0 Å². The van der Waals surface area contributed by atoms with Gasteiger partial charge in [0, 0.05) is 11.1 Å². The molecule has 1 heterocycles. The Morgan fingerprint density at radius 2 is 1.83 bits per heavy atom. The first-order valence-electron chi connectivity index (χ1n) is 10.1. The Labute approximate surface area is 177 Å². The van der Waals surface area contributed by atoms with Crippen molar-refractivity contribution in [3.8, 4) is 5.75 Å². The van der Waals surface area contributed by atoms with Crippen molar-refractivity contribution in [2.75, 3.05) is 51.7 Å². The van der Waals surface area contributed by atoms with E-state index >= 15 is 0 Å². The molecule has 0 spiro atoms. The topological polar surface area (TPSA) is 47.2 Å². The third-order valence-corrected chi connectivity index (χ3v) is 5.75. The lowest BCUT2D eigenvalue weighted by molar-refractivity contribution is -1.01. The molecule has 1 aliphatic heterocycles. The molecule has 154 valence electrons. The van der Waals surface area contributed by atoms with Gasteiger partial charge in [-0.2, -0.15) is 0 Å². The maximum absolute atomic E-state index is 12.5. The van der Waals surface area contributed by atoms with Gasteiger partial charge in [0.1, 0.15) is 31.9 Å². The molecule has 2 aromatic carbocycles. The van der Waals surface area contributed by atoms with Crippen LogP contribution in [0, 0.1) is 6.92 Å². The first-order valence-corrected chi connectivity index (χ1v) is 10.5. The Hall–Kier alpha value is -2.34. The van der Waals surface area contributed by atoms with Gasteiger partial charge < -0.3 is 19.9 Å². The molecule has 0 aliphatic carbocycles. The van der Waals surface area contributed by atoms with Crippen molar-refractivity contribution < 1.29 is 19.3 Å². The molecule has 3 rings (SSSR count). The van der Waals surface area contributed by atoms with Gasteiger partial charge in [0.05, 0.1) is 19.3 Å². The van der Waals surface area contributed by atoms with Crippen LogP contribution in [0.5, 0.6) is 5.75 Å². The Kier molecular flexibility index (Phi) is 7.69. The number of hydrogen-bond acceptors (Lipinski definition) is 2. The minimum absolute atomic E-state index is 0.00689. The van der Waals surface area contributed by atoms with Gasteiger partial charge in [0.25, 0.3) is 5.91 Å². The quantitative estimate of drug-likeness (QED) is 0.634. The maximum atomic E-state index is 12.5. The highest BCUT2D eigenvalue weighted by Crippen LogP contribution is 2.30. The highest BCUT2D eigenvalue weighted by atomic mass is 35.5. The molecule has 29 heavy (non-hydrogen) atoms. The van der Waals surface area contributed by atoms with Gasteiger partial charge in [-0.25, -0.2) is 0 Å². The van der Waals surface area contributed by atoms with Crippen LogP contribution in [0.15, 0.2) is 48.5 Å². The SMILES string of the molecule is COc1cc(Cl)c(C)cc1NC(=O)C[NH+]1CC[NH+](C/C=C/c2ccccc2)CC1. The summed E-state index contributed by atoms with van der Waals surface area (Å²) in [5.74, 6) is 0.593.